The molecule has 7 rings (SSSR count). The van der Waals surface area contributed by atoms with Gasteiger partial charge in [-0.15, -0.1) is 0 Å². The zero-order chi connectivity index (χ0) is 31.1. The molecule has 6 heteroatoms. The van der Waals surface area contributed by atoms with Crippen LogP contribution in [0.4, 0.5) is 22.7 Å². The van der Waals surface area contributed by atoms with Gasteiger partial charge in [0.05, 0.1) is 12.2 Å². The number of benzene rings is 5. The zero-order valence-electron chi connectivity index (χ0n) is 26.0. The molecule has 0 aromatic heterocycles. The van der Waals surface area contributed by atoms with Crippen LogP contribution in [0.3, 0.4) is 0 Å². The minimum atomic E-state index is -1.15. The molecule has 0 saturated carbocycles. The number of fused-ring (bicyclic) bond motifs is 6. The molecule has 1 spiro atoms. The Balaban J connectivity index is 1.35. The fourth-order valence-corrected chi connectivity index (χ4v) is 6.49. The zero-order valence-corrected chi connectivity index (χ0v) is 26.0. The molecule has 0 aliphatic carbocycles. The number of nitrogens with one attached hydrogen (secondary N) is 1. The fourth-order valence-electron chi connectivity index (χ4n) is 6.49. The minimum absolute atomic E-state index is 0.346. The summed E-state index contributed by atoms with van der Waals surface area (Å²) in [5.41, 5.74) is 8.03. The van der Waals surface area contributed by atoms with Gasteiger partial charge in [-0.25, -0.2) is 4.79 Å². The van der Waals surface area contributed by atoms with Crippen LogP contribution in [-0.2, 0) is 16.8 Å². The van der Waals surface area contributed by atoms with Crippen molar-refractivity contribution in [2.24, 2.45) is 0 Å². The lowest BCUT2D eigenvalue weighted by Gasteiger charge is -2.38. The third-order valence-corrected chi connectivity index (χ3v) is 8.77. The summed E-state index contributed by atoms with van der Waals surface area (Å²) < 4.78 is 18.8. The predicted octanol–water partition coefficient (Wildman–Crippen LogP) is 9.43. The molecule has 1 atom stereocenters. The number of esters is 1. The molecule has 0 saturated heterocycles. The first-order valence-electron chi connectivity index (χ1n) is 15.6. The maximum Gasteiger partial charge on any atom is 0.340 e. The third kappa shape index (κ3) is 4.78. The summed E-state index contributed by atoms with van der Waals surface area (Å²) in [6.45, 7) is 9.72. The van der Waals surface area contributed by atoms with Crippen molar-refractivity contribution in [2.45, 2.75) is 39.7 Å². The van der Waals surface area contributed by atoms with Gasteiger partial charge >= 0.3 is 5.97 Å². The van der Waals surface area contributed by atoms with E-state index in [-0.39, 0.29) is 5.97 Å². The molecule has 1 unspecified atom stereocenters. The minimum Gasteiger partial charge on any atom is -0.494 e. The van der Waals surface area contributed by atoms with Crippen LogP contribution in [-0.4, -0.2) is 19.1 Å². The van der Waals surface area contributed by atoms with Gasteiger partial charge in [-0.2, -0.15) is 0 Å². The molecule has 0 bridgehead atoms. The van der Waals surface area contributed by atoms with Gasteiger partial charge in [0.1, 0.15) is 17.2 Å². The first-order chi connectivity index (χ1) is 21.9. The summed E-state index contributed by atoms with van der Waals surface area (Å²) in [4.78, 5) is 15.7. The van der Waals surface area contributed by atoms with E-state index in [1.54, 1.807) is 0 Å². The lowest BCUT2D eigenvalue weighted by atomic mass is 9.77. The second-order valence-electron chi connectivity index (χ2n) is 11.4. The largest absolute Gasteiger partial charge is 0.494 e. The number of anilines is 4. The predicted molar refractivity (Wildman–Crippen MR) is 179 cm³/mol. The second kappa shape index (κ2) is 11.4. The van der Waals surface area contributed by atoms with E-state index < -0.39 is 5.60 Å². The quantitative estimate of drug-likeness (QED) is 0.180. The molecule has 2 aliphatic heterocycles. The van der Waals surface area contributed by atoms with Gasteiger partial charge < -0.3 is 24.4 Å². The van der Waals surface area contributed by atoms with E-state index in [1.165, 1.54) is 5.56 Å². The molecule has 45 heavy (non-hydrogen) atoms. The molecule has 226 valence electrons. The van der Waals surface area contributed by atoms with Crippen molar-refractivity contribution < 1.29 is 19.0 Å². The summed E-state index contributed by atoms with van der Waals surface area (Å²) in [6, 6.07) is 34.5. The van der Waals surface area contributed by atoms with Crippen molar-refractivity contribution in [3.05, 3.63) is 137 Å². The number of carbonyl (C=O) groups is 1. The van der Waals surface area contributed by atoms with Crippen LogP contribution in [0.5, 0.6) is 17.2 Å². The Morgan fingerprint density at radius 2 is 1.51 bits per heavy atom. The van der Waals surface area contributed by atoms with Crippen LogP contribution in [0.25, 0.3) is 0 Å². The molecular formula is C39H36N2O4. The number of aryl methyl sites for hydroxylation is 2. The number of nitrogens with zero attached hydrogens (tertiary/aromatic N) is 1. The topological polar surface area (TPSA) is 60.0 Å². The Morgan fingerprint density at radius 1 is 0.778 bits per heavy atom. The molecule has 2 heterocycles. The van der Waals surface area contributed by atoms with Crippen molar-refractivity contribution in [3.8, 4) is 17.2 Å². The van der Waals surface area contributed by atoms with Crippen LogP contribution in [0.2, 0.25) is 0 Å². The van der Waals surface area contributed by atoms with Crippen LogP contribution in [0.15, 0.2) is 103 Å². The Morgan fingerprint density at radius 3 is 2.24 bits per heavy atom. The van der Waals surface area contributed by atoms with Crippen molar-refractivity contribution >= 4 is 28.7 Å². The average Bonchev–Trinajstić information content (AvgIpc) is 3.36. The van der Waals surface area contributed by atoms with E-state index in [2.05, 4.69) is 66.5 Å². The maximum absolute atomic E-state index is 13.4. The normalized spacial score (nSPS) is 15.9. The van der Waals surface area contributed by atoms with Gasteiger partial charge in [0.2, 0.25) is 0 Å². The van der Waals surface area contributed by atoms with Crippen LogP contribution in [0.1, 0.15) is 58.9 Å². The second-order valence-corrected chi connectivity index (χ2v) is 11.4. The molecule has 6 nitrogen and oxygen atoms in total. The van der Waals surface area contributed by atoms with E-state index in [4.69, 9.17) is 14.2 Å². The SMILES string of the molecule is CCOc1ccc(Nc2cc3c(cc2C)Oc2cc(N(CC)c4ccc(CC)cc4)ccc2C32OC(=O)c3ccccc32)cc1. The van der Waals surface area contributed by atoms with Crippen molar-refractivity contribution in [1.82, 2.24) is 0 Å². The summed E-state index contributed by atoms with van der Waals surface area (Å²) in [5, 5.41) is 3.56. The van der Waals surface area contributed by atoms with Gasteiger partial charge in [0.15, 0.2) is 5.60 Å². The third-order valence-electron chi connectivity index (χ3n) is 8.77. The highest BCUT2D eigenvalue weighted by molar-refractivity contribution is 5.97. The molecule has 0 amide bonds. The summed E-state index contributed by atoms with van der Waals surface area (Å²) >= 11 is 0. The molecular weight excluding hydrogens is 560 g/mol. The van der Waals surface area contributed by atoms with Gasteiger partial charge in [0.25, 0.3) is 0 Å². The van der Waals surface area contributed by atoms with Gasteiger partial charge in [-0.05, 0) is 105 Å². The fraction of sp³-hybridized carbons (Fsp3) is 0.205. The Bertz CT molecular complexity index is 1900. The van der Waals surface area contributed by atoms with E-state index >= 15 is 0 Å². The van der Waals surface area contributed by atoms with E-state index in [1.807, 2.05) is 74.5 Å². The Kier molecular flexibility index (Phi) is 7.20. The van der Waals surface area contributed by atoms with Crippen molar-refractivity contribution in [2.75, 3.05) is 23.4 Å². The van der Waals surface area contributed by atoms with Crippen LogP contribution in [0, 0.1) is 6.92 Å². The van der Waals surface area contributed by atoms with Crippen molar-refractivity contribution in [3.63, 3.8) is 0 Å². The first-order valence-corrected chi connectivity index (χ1v) is 15.6. The summed E-state index contributed by atoms with van der Waals surface area (Å²) in [7, 11) is 0. The number of hydrogen-bond acceptors (Lipinski definition) is 6. The highest BCUT2D eigenvalue weighted by atomic mass is 16.6. The highest BCUT2D eigenvalue weighted by Crippen LogP contribution is 2.57. The standard InChI is InChI=1S/C39H36N2O4/c1-5-26-12-16-28(17-13-26)41(6-2)29-18-21-33-37(23-29)44-36-22-25(4)35(40-27-14-19-30(20-15-27)43-7-3)24-34(36)39(33)32-11-9-8-10-31(32)38(42)45-39/h8-24,40H,5-7H2,1-4H3. The average molecular weight is 597 g/mol. The summed E-state index contributed by atoms with van der Waals surface area (Å²) in [6.07, 6.45) is 0.998. The van der Waals surface area contributed by atoms with Crippen molar-refractivity contribution in [1.29, 1.82) is 0 Å². The smallest absolute Gasteiger partial charge is 0.340 e. The molecule has 0 radical (unpaired) electrons. The van der Waals surface area contributed by atoms with E-state index in [0.717, 1.165) is 63.7 Å². The number of hydrogen-bond donors (Lipinski definition) is 1. The molecule has 1 N–H and O–H groups in total. The molecule has 5 aromatic rings. The van der Waals surface area contributed by atoms with Crippen LogP contribution < -0.4 is 19.7 Å². The molecule has 0 fully saturated rings. The van der Waals surface area contributed by atoms with Gasteiger partial charge in [-0.3, -0.25) is 0 Å². The first kappa shape index (κ1) is 28.5. The lowest BCUT2D eigenvalue weighted by Crippen LogP contribution is -2.33. The maximum atomic E-state index is 13.4. The monoisotopic (exact) mass is 596 g/mol. The molecule has 2 aliphatic rings. The Labute approximate surface area is 264 Å². The van der Waals surface area contributed by atoms with Gasteiger partial charge in [-0.1, -0.05) is 37.3 Å². The molecule has 5 aromatic carbocycles. The van der Waals surface area contributed by atoms with E-state index in [9.17, 15) is 4.79 Å². The Hall–Kier alpha value is -5.23. The van der Waals surface area contributed by atoms with Gasteiger partial charge in [0, 0.05) is 52.1 Å². The lowest BCUT2D eigenvalue weighted by molar-refractivity contribution is 0.0224. The number of carbonyl (C=O) groups excluding carboxylic acids is 1. The van der Waals surface area contributed by atoms with Crippen LogP contribution >= 0.6 is 0 Å². The summed E-state index contributed by atoms with van der Waals surface area (Å²) in [5.74, 6) is 1.80. The van der Waals surface area contributed by atoms with E-state index in [0.29, 0.717) is 23.7 Å². The number of rotatable bonds is 8. The highest BCUT2D eigenvalue weighted by Gasteiger charge is 2.53. The number of ether oxygens (including phenoxy) is 3.